The standard InChI is InChI=1S/C13H21NO2.C7H12N2/c1-13(2,3)16-12(15)8-10-5-4-6-11(7-10)9-14;8-5-6-2-1-3-7(9)4-6/h10-11H,4-8H2,1-3H3;6-7H,1-4,9H2/t10-,11+;6-,7+/m10/s1. The molecule has 0 radical (unpaired) electrons. The van der Waals surface area contributed by atoms with Crippen LogP contribution in [0.3, 0.4) is 0 Å². The molecule has 140 valence electrons. The van der Waals surface area contributed by atoms with Crippen LogP contribution < -0.4 is 5.73 Å². The van der Waals surface area contributed by atoms with E-state index >= 15 is 0 Å². The summed E-state index contributed by atoms with van der Waals surface area (Å²) in [5.74, 6) is 0.597. The molecule has 0 bridgehead atoms. The Morgan fingerprint density at radius 3 is 2.08 bits per heavy atom. The highest BCUT2D eigenvalue weighted by Crippen LogP contribution is 2.31. The first-order valence-electron chi connectivity index (χ1n) is 9.50. The first-order chi connectivity index (χ1) is 11.7. The average molecular weight is 348 g/mol. The highest BCUT2D eigenvalue weighted by molar-refractivity contribution is 5.70. The highest BCUT2D eigenvalue weighted by atomic mass is 16.6. The Morgan fingerprint density at radius 2 is 1.60 bits per heavy atom. The molecule has 2 aliphatic rings. The van der Waals surface area contributed by atoms with E-state index in [9.17, 15) is 4.79 Å². The molecule has 0 aliphatic heterocycles. The van der Waals surface area contributed by atoms with Gasteiger partial charge in [0.25, 0.3) is 0 Å². The Balaban J connectivity index is 0.000000293. The predicted molar refractivity (Wildman–Crippen MR) is 97.1 cm³/mol. The maximum absolute atomic E-state index is 11.6. The van der Waals surface area contributed by atoms with E-state index in [0.717, 1.165) is 51.4 Å². The molecule has 2 fully saturated rings. The van der Waals surface area contributed by atoms with Gasteiger partial charge in [0, 0.05) is 24.3 Å². The summed E-state index contributed by atoms with van der Waals surface area (Å²) in [6.45, 7) is 5.64. The van der Waals surface area contributed by atoms with E-state index in [0.29, 0.717) is 18.4 Å². The van der Waals surface area contributed by atoms with Gasteiger partial charge in [-0.05, 0) is 65.2 Å². The van der Waals surface area contributed by atoms with Crippen molar-refractivity contribution in [3.63, 3.8) is 0 Å². The molecule has 0 aromatic heterocycles. The first kappa shape index (κ1) is 21.5. The van der Waals surface area contributed by atoms with Crippen LogP contribution in [0.2, 0.25) is 0 Å². The van der Waals surface area contributed by atoms with Crippen LogP contribution in [-0.4, -0.2) is 17.6 Å². The number of hydrogen-bond acceptors (Lipinski definition) is 5. The monoisotopic (exact) mass is 347 g/mol. The molecule has 5 nitrogen and oxygen atoms in total. The minimum Gasteiger partial charge on any atom is -0.460 e. The SMILES string of the molecule is CC(C)(C)OC(=O)C[C@@H]1CCC[C@H](C#N)C1.N#C[C@H]1CCC[C@@H](N)C1. The lowest BCUT2D eigenvalue weighted by atomic mass is 9.80. The molecule has 5 heteroatoms. The molecule has 0 amide bonds. The van der Waals surface area contributed by atoms with Gasteiger partial charge in [0.2, 0.25) is 0 Å². The normalized spacial score (nSPS) is 29.4. The number of nitriles is 2. The van der Waals surface area contributed by atoms with Crippen molar-refractivity contribution < 1.29 is 9.53 Å². The van der Waals surface area contributed by atoms with Crippen LogP contribution in [0.15, 0.2) is 0 Å². The predicted octanol–water partition coefficient (Wildman–Crippen LogP) is 4.08. The molecule has 4 atom stereocenters. The average Bonchev–Trinajstić information content (AvgIpc) is 2.53. The number of ether oxygens (including phenoxy) is 1. The Morgan fingerprint density at radius 1 is 1.04 bits per heavy atom. The van der Waals surface area contributed by atoms with Crippen molar-refractivity contribution in [3.05, 3.63) is 0 Å². The zero-order chi connectivity index (χ0) is 18.9. The van der Waals surface area contributed by atoms with Crippen LogP contribution in [0, 0.1) is 40.4 Å². The Kier molecular flexibility index (Phi) is 8.93. The number of esters is 1. The van der Waals surface area contributed by atoms with E-state index in [1.54, 1.807) is 0 Å². The van der Waals surface area contributed by atoms with Crippen LogP contribution in [0.25, 0.3) is 0 Å². The fourth-order valence-corrected chi connectivity index (χ4v) is 3.56. The van der Waals surface area contributed by atoms with Gasteiger partial charge in [-0.1, -0.05) is 12.8 Å². The molecule has 2 N–H and O–H groups in total. The van der Waals surface area contributed by atoms with Crippen LogP contribution in [0.5, 0.6) is 0 Å². The molecular weight excluding hydrogens is 314 g/mol. The fraction of sp³-hybridized carbons (Fsp3) is 0.850. The van der Waals surface area contributed by atoms with Gasteiger partial charge in [0.1, 0.15) is 5.60 Å². The van der Waals surface area contributed by atoms with E-state index in [1.165, 1.54) is 0 Å². The van der Waals surface area contributed by atoms with E-state index in [1.807, 2.05) is 20.8 Å². The third kappa shape index (κ3) is 9.46. The number of nitrogens with zero attached hydrogens (tertiary/aromatic N) is 2. The number of carbonyl (C=O) groups is 1. The zero-order valence-electron chi connectivity index (χ0n) is 16.0. The van der Waals surface area contributed by atoms with Crippen LogP contribution in [0.4, 0.5) is 0 Å². The van der Waals surface area contributed by atoms with Gasteiger partial charge in [0.15, 0.2) is 0 Å². The summed E-state index contributed by atoms with van der Waals surface area (Å²) in [5, 5.41) is 17.4. The topological polar surface area (TPSA) is 99.9 Å². The molecule has 2 aliphatic carbocycles. The van der Waals surface area contributed by atoms with Gasteiger partial charge < -0.3 is 10.5 Å². The van der Waals surface area contributed by atoms with E-state index < -0.39 is 5.60 Å². The largest absolute Gasteiger partial charge is 0.460 e. The molecule has 0 heterocycles. The molecule has 25 heavy (non-hydrogen) atoms. The van der Waals surface area contributed by atoms with Gasteiger partial charge in [-0.2, -0.15) is 10.5 Å². The van der Waals surface area contributed by atoms with Crippen LogP contribution in [-0.2, 0) is 9.53 Å². The quantitative estimate of drug-likeness (QED) is 0.759. The fourth-order valence-electron chi connectivity index (χ4n) is 3.56. The van der Waals surface area contributed by atoms with E-state index in [4.69, 9.17) is 21.0 Å². The van der Waals surface area contributed by atoms with Crippen molar-refractivity contribution >= 4 is 5.97 Å². The zero-order valence-corrected chi connectivity index (χ0v) is 16.0. The summed E-state index contributed by atoms with van der Waals surface area (Å²) in [6, 6.07) is 4.85. The molecule has 0 spiro atoms. The highest BCUT2D eigenvalue weighted by Gasteiger charge is 2.26. The summed E-state index contributed by atoms with van der Waals surface area (Å²) in [5.41, 5.74) is 5.25. The lowest BCUT2D eigenvalue weighted by Gasteiger charge is -2.26. The number of rotatable bonds is 2. The third-order valence-electron chi connectivity index (χ3n) is 4.74. The Labute approximate surface area is 152 Å². The van der Waals surface area contributed by atoms with Crippen molar-refractivity contribution in [3.8, 4) is 12.1 Å². The minimum atomic E-state index is -0.402. The van der Waals surface area contributed by atoms with Crippen molar-refractivity contribution in [1.82, 2.24) is 0 Å². The second-order valence-electron chi connectivity index (χ2n) is 8.40. The van der Waals surface area contributed by atoms with Gasteiger partial charge in [-0.3, -0.25) is 4.79 Å². The van der Waals surface area contributed by atoms with Crippen LogP contribution in [0.1, 0.15) is 78.6 Å². The second kappa shape index (κ2) is 10.4. The first-order valence-corrected chi connectivity index (χ1v) is 9.50. The molecular formula is C20H33N3O2. The van der Waals surface area contributed by atoms with Crippen LogP contribution >= 0.6 is 0 Å². The molecule has 2 saturated carbocycles. The van der Waals surface area contributed by atoms with E-state index in [2.05, 4.69) is 12.1 Å². The summed E-state index contributed by atoms with van der Waals surface area (Å²) < 4.78 is 5.29. The van der Waals surface area contributed by atoms with Gasteiger partial charge in [0.05, 0.1) is 12.1 Å². The number of hydrogen-bond donors (Lipinski definition) is 1. The van der Waals surface area contributed by atoms with E-state index in [-0.39, 0.29) is 17.8 Å². The molecule has 0 aromatic carbocycles. The van der Waals surface area contributed by atoms with Gasteiger partial charge in [-0.15, -0.1) is 0 Å². The third-order valence-corrected chi connectivity index (χ3v) is 4.74. The Bertz CT molecular complexity index is 499. The maximum Gasteiger partial charge on any atom is 0.306 e. The lowest BCUT2D eigenvalue weighted by Crippen LogP contribution is -2.26. The Hall–Kier alpha value is -1.59. The molecule has 0 aromatic rings. The number of carbonyl (C=O) groups excluding carboxylic acids is 1. The molecule has 0 saturated heterocycles. The van der Waals surface area contributed by atoms with Crippen molar-refractivity contribution in [1.29, 1.82) is 10.5 Å². The summed E-state index contributed by atoms with van der Waals surface area (Å²) in [4.78, 5) is 11.6. The molecule has 2 rings (SSSR count). The number of nitrogens with two attached hydrogens (primary N) is 1. The summed E-state index contributed by atoms with van der Waals surface area (Å²) >= 11 is 0. The lowest BCUT2D eigenvalue weighted by molar-refractivity contribution is -0.156. The minimum absolute atomic E-state index is 0.129. The maximum atomic E-state index is 11.6. The second-order valence-corrected chi connectivity index (χ2v) is 8.40. The van der Waals surface area contributed by atoms with Crippen molar-refractivity contribution in [2.45, 2.75) is 90.2 Å². The summed E-state index contributed by atoms with van der Waals surface area (Å²) in [7, 11) is 0. The van der Waals surface area contributed by atoms with Crippen molar-refractivity contribution in [2.24, 2.45) is 23.5 Å². The molecule has 0 unspecified atom stereocenters. The van der Waals surface area contributed by atoms with Crippen molar-refractivity contribution in [2.75, 3.05) is 0 Å². The summed E-state index contributed by atoms with van der Waals surface area (Å²) in [6.07, 6.45) is 8.65. The van der Waals surface area contributed by atoms with Gasteiger partial charge in [-0.25, -0.2) is 0 Å². The smallest absolute Gasteiger partial charge is 0.306 e. The van der Waals surface area contributed by atoms with Gasteiger partial charge >= 0.3 is 5.97 Å².